The van der Waals surface area contributed by atoms with Gasteiger partial charge in [0.15, 0.2) is 0 Å². The van der Waals surface area contributed by atoms with E-state index in [1.807, 2.05) is 0 Å². The molecule has 2 fully saturated rings. The van der Waals surface area contributed by atoms with Crippen LogP contribution in [0.15, 0.2) is 0 Å². The molecule has 2 atom stereocenters. The van der Waals surface area contributed by atoms with Crippen molar-refractivity contribution in [3.63, 3.8) is 0 Å². The van der Waals surface area contributed by atoms with E-state index in [0.717, 1.165) is 24.9 Å². The van der Waals surface area contributed by atoms with Gasteiger partial charge in [-0.3, -0.25) is 4.79 Å². The fraction of sp³-hybridized carbons (Fsp3) is 0.889. The van der Waals surface area contributed by atoms with Gasteiger partial charge >= 0.3 is 0 Å². The quantitative estimate of drug-likeness (QED) is 0.584. The highest BCUT2D eigenvalue weighted by molar-refractivity contribution is 5.73. The van der Waals surface area contributed by atoms with E-state index in [9.17, 15) is 4.79 Å². The van der Waals surface area contributed by atoms with Gasteiger partial charge in [-0.1, -0.05) is 0 Å². The number of amides is 1. The number of carbonyl (C=O) groups is 1. The Morgan fingerprint density at radius 2 is 1.92 bits per heavy atom. The molecule has 3 heteroatoms. The first kappa shape index (κ1) is 8.05. The van der Waals surface area contributed by atoms with Gasteiger partial charge in [-0.15, -0.1) is 0 Å². The summed E-state index contributed by atoms with van der Waals surface area (Å²) in [7, 11) is 0. The molecule has 2 N–H and O–H groups in total. The molecule has 2 unspecified atom stereocenters. The summed E-state index contributed by atoms with van der Waals surface area (Å²) in [5, 5.41) is 6.39. The van der Waals surface area contributed by atoms with Crippen LogP contribution in [0.5, 0.6) is 0 Å². The summed E-state index contributed by atoms with van der Waals surface area (Å²) < 4.78 is 0. The number of hydrogen-bond acceptors (Lipinski definition) is 2. The second-order valence-corrected chi connectivity index (χ2v) is 3.88. The van der Waals surface area contributed by atoms with Crippen molar-refractivity contribution in [1.82, 2.24) is 10.6 Å². The third-order valence-corrected chi connectivity index (χ3v) is 3.01. The van der Waals surface area contributed by atoms with E-state index in [0.29, 0.717) is 6.04 Å². The van der Waals surface area contributed by atoms with Crippen molar-refractivity contribution < 1.29 is 4.79 Å². The zero-order chi connectivity index (χ0) is 8.55. The van der Waals surface area contributed by atoms with Crippen LogP contribution in [0.2, 0.25) is 0 Å². The molecule has 2 aliphatic rings. The topological polar surface area (TPSA) is 41.1 Å². The Labute approximate surface area is 72.9 Å². The molecule has 1 saturated carbocycles. The van der Waals surface area contributed by atoms with Crippen molar-refractivity contribution in [3.05, 3.63) is 0 Å². The van der Waals surface area contributed by atoms with Crippen molar-refractivity contribution in [1.29, 1.82) is 0 Å². The summed E-state index contributed by atoms with van der Waals surface area (Å²) >= 11 is 0. The standard InChI is InChI=1S/C9H16N2O/c1-6(12)11-9-7-2-4-10-5-3-8(7)9/h7-10H,2-5H2,1H3,(H,11,12). The molecule has 1 aliphatic heterocycles. The highest BCUT2D eigenvalue weighted by atomic mass is 16.1. The SMILES string of the molecule is CC(=O)NC1C2CCNCCC21. The molecule has 0 bridgehead atoms. The molecule has 1 amide bonds. The van der Waals surface area contributed by atoms with E-state index in [-0.39, 0.29) is 5.91 Å². The zero-order valence-electron chi connectivity index (χ0n) is 7.47. The summed E-state index contributed by atoms with van der Waals surface area (Å²) in [5.74, 6) is 1.66. The smallest absolute Gasteiger partial charge is 0.217 e. The molecule has 12 heavy (non-hydrogen) atoms. The van der Waals surface area contributed by atoms with Crippen molar-refractivity contribution in [2.75, 3.05) is 13.1 Å². The molecule has 3 nitrogen and oxygen atoms in total. The Morgan fingerprint density at radius 1 is 1.33 bits per heavy atom. The minimum atomic E-state index is 0.126. The van der Waals surface area contributed by atoms with Crippen LogP contribution in [0.4, 0.5) is 0 Å². The van der Waals surface area contributed by atoms with Gasteiger partial charge in [0.05, 0.1) is 0 Å². The Balaban J connectivity index is 1.85. The fourth-order valence-electron chi connectivity index (χ4n) is 2.34. The van der Waals surface area contributed by atoms with Crippen molar-refractivity contribution in [2.24, 2.45) is 11.8 Å². The molecule has 0 radical (unpaired) electrons. The van der Waals surface area contributed by atoms with Gasteiger partial charge in [0.25, 0.3) is 0 Å². The van der Waals surface area contributed by atoms with Crippen LogP contribution in [0.3, 0.4) is 0 Å². The molecule has 1 aliphatic carbocycles. The highest BCUT2D eigenvalue weighted by Crippen LogP contribution is 2.44. The molecule has 1 heterocycles. The lowest BCUT2D eigenvalue weighted by Gasteiger charge is -2.04. The Morgan fingerprint density at radius 3 is 2.42 bits per heavy atom. The molecule has 0 aromatic rings. The third kappa shape index (κ3) is 1.46. The van der Waals surface area contributed by atoms with Gasteiger partial charge < -0.3 is 10.6 Å². The van der Waals surface area contributed by atoms with Crippen LogP contribution in [-0.4, -0.2) is 25.0 Å². The number of rotatable bonds is 1. The Bertz CT molecular complexity index is 181. The third-order valence-electron chi connectivity index (χ3n) is 3.01. The van der Waals surface area contributed by atoms with Crippen LogP contribution in [-0.2, 0) is 4.79 Å². The molecule has 68 valence electrons. The molecule has 0 aromatic carbocycles. The second kappa shape index (κ2) is 3.05. The van der Waals surface area contributed by atoms with E-state index in [1.165, 1.54) is 12.8 Å². The summed E-state index contributed by atoms with van der Waals surface area (Å²) in [5.41, 5.74) is 0. The monoisotopic (exact) mass is 168 g/mol. The summed E-state index contributed by atoms with van der Waals surface area (Å²) in [6.45, 7) is 3.85. The first-order valence-corrected chi connectivity index (χ1v) is 4.77. The van der Waals surface area contributed by atoms with Crippen molar-refractivity contribution >= 4 is 5.91 Å². The first-order valence-electron chi connectivity index (χ1n) is 4.77. The number of hydrogen-bond donors (Lipinski definition) is 2. The van der Waals surface area contributed by atoms with E-state index >= 15 is 0 Å². The zero-order valence-corrected chi connectivity index (χ0v) is 7.47. The minimum Gasteiger partial charge on any atom is -0.353 e. The molecule has 2 rings (SSSR count). The number of fused-ring (bicyclic) bond motifs is 1. The van der Waals surface area contributed by atoms with Crippen molar-refractivity contribution in [2.45, 2.75) is 25.8 Å². The average molecular weight is 168 g/mol. The van der Waals surface area contributed by atoms with Crippen molar-refractivity contribution in [3.8, 4) is 0 Å². The van der Waals surface area contributed by atoms with Crippen LogP contribution in [0.1, 0.15) is 19.8 Å². The lowest BCUT2D eigenvalue weighted by atomic mass is 10.2. The number of nitrogens with one attached hydrogen (secondary N) is 2. The van der Waals surface area contributed by atoms with Crippen LogP contribution < -0.4 is 10.6 Å². The molecular formula is C9H16N2O. The Hall–Kier alpha value is -0.570. The summed E-state index contributed by atoms with van der Waals surface area (Å²) in [4.78, 5) is 10.8. The highest BCUT2D eigenvalue weighted by Gasteiger charge is 2.49. The Kier molecular flexibility index (Phi) is 2.05. The van der Waals surface area contributed by atoms with Crippen LogP contribution >= 0.6 is 0 Å². The minimum absolute atomic E-state index is 0.126. The molecular weight excluding hydrogens is 152 g/mol. The largest absolute Gasteiger partial charge is 0.353 e. The fourth-order valence-corrected chi connectivity index (χ4v) is 2.34. The average Bonchev–Trinajstić information content (AvgIpc) is 2.66. The molecule has 0 spiro atoms. The summed E-state index contributed by atoms with van der Waals surface area (Å²) in [6.07, 6.45) is 2.46. The maximum absolute atomic E-state index is 10.8. The maximum atomic E-state index is 10.8. The van der Waals surface area contributed by atoms with E-state index in [2.05, 4.69) is 10.6 Å². The maximum Gasteiger partial charge on any atom is 0.217 e. The van der Waals surface area contributed by atoms with E-state index < -0.39 is 0 Å². The van der Waals surface area contributed by atoms with Gasteiger partial charge in [-0.2, -0.15) is 0 Å². The first-order chi connectivity index (χ1) is 5.79. The second-order valence-electron chi connectivity index (χ2n) is 3.88. The van der Waals surface area contributed by atoms with E-state index in [4.69, 9.17) is 0 Å². The lowest BCUT2D eigenvalue weighted by Crippen LogP contribution is -2.27. The van der Waals surface area contributed by atoms with Gasteiger partial charge in [-0.25, -0.2) is 0 Å². The van der Waals surface area contributed by atoms with E-state index in [1.54, 1.807) is 6.92 Å². The normalized spacial score (nSPS) is 39.6. The van der Waals surface area contributed by atoms with Crippen LogP contribution in [0.25, 0.3) is 0 Å². The summed E-state index contributed by atoms with van der Waals surface area (Å²) in [6, 6.07) is 0.504. The predicted molar refractivity (Wildman–Crippen MR) is 46.7 cm³/mol. The lowest BCUT2D eigenvalue weighted by molar-refractivity contribution is -0.119. The molecule has 1 saturated heterocycles. The van der Waals surface area contributed by atoms with Gasteiger partial charge in [0, 0.05) is 13.0 Å². The van der Waals surface area contributed by atoms with Gasteiger partial charge in [0.1, 0.15) is 0 Å². The molecule has 0 aromatic heterocycles. The van der Waals surface area contributed by atoms with Gasteiger partial charge in [0.2, 0.25) is 5.91 Å². The predicted octanol–water partition coefficient (Wildman–Crippen LogP) is 0.120. The van der Waals surface area contributed by atoms with Crippen LogP contribution in [0, 0.1) is 11.8 Å². The number of carbonyl (C=O) groups excluding carboxylic acids is 1. The van der Waals surface area contributed by atoms with Gasteiger partial charge in [-0.05, 0) is 37.8 Å².